The first kappa shape index (κ1) is 18.4. The lowest BCUT2D eigenvalue weighted by Gasteiger charge is -2.31. The van der Waals surface area contributed by atoms with E-state index in [-0.39, 0.29) is 11.8 Å². The van der Waals surface area contributed by atoms with Crippen LogP contribution in [-0.4, -0.2) is 36.3 Å². The van der Waals surface area contributed by atoms with Crippen LogP contribution in [0.1, 0.15) is 33.6 Å². The van der Waals surface area contributed by atoms with Crippen molar-refractivity contribution in [1.29, 1.82) is 0 Å². The molecule has 2 aromatic carbocycles. The first-order chi connectivity index (χ1) is 12.6. The number of amides is 2. The summed E-state index contributed by atoms with van der Waals surface area (Å²) in [4.78, 5) is 27.2. The van der Waals surface area contributed by atoms with Gasteiger partial charge in [-0.15, -0.1) is 0 Å². The van der Waals surface area contributed by atoms with E-state index >= 15 is 0 Å². The number of rotatable bonds is 4. The van der Waals surface area contributed by atoms with Crippen molar-refractivity contribution >= 4 is 29.1 Å². The highest BCUT2D eigenvalue weighted by atomic mass is 35.5. The van der Waals surface area contributed by atoms with E-state index in [1.165, 1.54) is 0 Å². The molecular formula is C20H22ClN3O2. The number of halogens is 1. The summed E-state index contributed by atoms with van der Waals surface area (Å²) in [6.07, 6.45) is 1.84. The van der Waals surface area contributed by atoms with Crippen LogP contribution in [0, 0.1) is 5.92 Å². The molecule has 2 amide bonds. The lowest BCUT2D eigenvalue weighted by molar-refractivity contribution is 0.0694. The molecule has 1 saturated heterocycles. The summed E-state index contributed by atoms with van der Waals surface area (Å²) < 4.78 is 0. The normalized spacial score (nSPS) is 14.9. The van der Waals surface area contributed by atoms with Gasteiger partial charge in [-0.25, -0.2) is 0 Å². The molecule has 6 heteroatoms. The number of hydrogen-bond donors (Lipinski definition) is 2. The number of anilines is 1. The van der Waals surface area contributed by atoms with Crippen LogP contribution in [0.15, 0.2) is 48.5 Å². The Morgan fingerprint density at radius 1 is 1.08 bits per heavy atom. The van der Waals surface area contributed by atoms with Crippen molar-refractivity contribution in [3.05, 3.63) is 64.7 Å². The molecule has 1 aliphatic rings. The fraction of sp³-hybridized carbons (Fsp3) is 0.300. The SMILES string of the molecule is NCC1CCN(C(=O)c2ccccc2NC(=O)c2ccc(Cl)cc2)CC1. The van der Waals surface area contributed by atoms with E-state index in [0.29, 0.717) is 47.4 Å². The minimum absolute atomic E-state index is 0.0625. The quantitative estimate of drug-likeness (QED) is 0.864. The maximum Gasteiger partial charge on any atom is 0.255 e. The molecule has 2 aromatic rings. The monoisotopic (exact) mass is 371 g/mol. The maximum atomic E-state index is 12.9. The van der Waals surface area contributed by atoms with Crippen molar-refractivity contribution in [2.45, 2.75) is 12.8 Å². The van der Waals surface area contributed by atoms with Gasteiger partial charge in [0.25, 0.3) is 11.8 Å². The van der Waals surface area contributed by atoms with Crippen LogP contribution in [0.3, 0.4) is 0 Å². The summed E-state index contributed by atoms with van der Waals surface area (Å²) in [6.45, 7) is 2.05. The Morgan fingerprint density at radius 3 is 2.38 bits per heavy atom. The number of carbonyl (C=O) groups is 2. The molecular weight excluding hydrogens is 350 g/mol. The summed E-state index contributed by atoms with van der Waals surface area (Å²) >= 11 is 5.86. The Labute approximate surface area is 158 Å². The highest BCUT2D eigenvalue weighted by molar-refractivity contribution is 6.30. The van der Waals surface area contributed by atoms with E-state index in [0.717, 1.165) is 12.8 Å². The number of hydrogen-bond acceptors (Lipinski definition) is 3. The van der Waals surface area contributed by atoms with E-state index < -0.39 is 0 Å². The molecule has 0 aromatic heterocycles. The fourth-order valence-corrected chi connectivity index (χ4v) is 3.24. The summed E-state index contributed by atoms with van der Waals surface area (Å²) in [5.41, 5.74) is 7.22. The molecule has 0 spiro atoms. The van der Waals surface area contributed by atoms with Crippen LogP contribution in [-0.2, 0) is 0 Å². The minimum atomic E-state index is -0.274. The molecule has 1 heterocycles. The lowest BCUT2D eigenvalue weighted by Crippen LogP contribution is -2.40. The Morgan fingerprint density at radius 2 is 1.73 bits per heavy atom. The van der Waals surface area contributed by atoms with Gasteiger partial charge in [0.05, 0.1) is 11.3 Å². The van der Waals surface area contributed by atoms with Crippen LogP contribution in [0.4, 0.5) is 5.69 Å². The van der Waals surface area contributed by atoms with Crippen molar-refractivity contribution in [3.63, 3.8) is 0 Å². The summed E-state index contributed by atoms with van der Waals surface area (Å²) in [5, 5.41) is 3.40. The molecule has 26 heavy (non-hydrogen) atoms. The van der Waals surface area contributed by atoms with Gasteiger partial charge in [-0.2, -0.15) is 0 Å². The highest BCUT2D eigenvalue weighted by Gasteiger charge is 2.24. The van der Waals surface area contributed by atoms with E-state index in [1.807, 2.05) is 4.90 Å². The summed E-state index contributed by atoms with van der Waals surface area (Å²) in [7, 11) is 0. The number of para-hydroxylation sites is 1. The predicted octanol–water partition coefficient (Wildman–Crippen LogP) is 3.40. The summed E-state index contributed by atoms with van der Waals surface area (Å²) in [5.74, 6) is 0.148. The molecule has 1 aliphatic heterocycles. The molecule has 0 aliphatic carbocycles. The van der Waals surface area contributed by atoms with Gasteiger partial charge in [-0.3, -0.25) is 9.59 Å². The largest absolute Gasteiger partial charge is 0.339 e. The number of likely N-dealkylation sites (tertiary alicyclic amines) is 1. The Kier molecular flexibility index (Phi) is 5.91. The van der Waals surface area contributed by atoms with Gasteiger partial charge in [0, 0.05) is 23.7 Å². The van der Waals surface area contributed by atoms with Crippen molar-refractivity contribution in [3.8, 4) is 0 Å². The summed E-state index contributed by atoms with van der Waals surface area (Å²) in [6, 6.07) is 13.7. The third-order valence-corrected chi connectivity index (χ3v) is 5.00. The Bertz CT molecular complexity index is 784. The molecule has 3 N–H and O–H groups in total. The molecule has 5 nitrogen and oxygen atoms in total. The second-order valence-corrected chi connectivity index (χ2v) is 6.91. The molecule has 0 atom stereocenters. The molecule has 3 rings (SSSR count). The smallest absolute Gasteiger partial charge is 0.255 e. The number of nitrogens with zero attached hydrogens (tertiary/aromatic N) is 1. The first-order valence-electron chi connectivity index (χ1n) is 8.74. The zero-order chi connectivity index (χ0) is 18.5. The number of nitrogens with two attached hydrogens (primary N) is 1. The van der Waals surface area contributed by atoms with Crippen LogP contribution >= 0.6 is 11.6 Å². The average molecular weight is 372 g/mol. The number of carbonyl (C=O) groups excluding carboxylic acids is 2. The number of benzene rings is 2. The van der Waals surface area contributed by atoms with Crippen LogP contribution in [0.25, 0.3) is 0 Å². The first-order valence-corrected chi connectivity index (χ1v) is 9.11. The van der Waals surface area contributed by atoms with Crippen molar-refractivity contribution in [2.75, 3.05) is 25.0 Å². The van der Waals surface area contributed by atoms with E-state index in [4.69, 9.17) is 17.3 Å². The zero-order valence-electron chi connectivity index (χ0n) is 14.5. The second kappa shape index (κ2) is 8.34. The van der Waals surface area contributed by atoms with Gasteiger partial charge in [0.15, 0.2) is 0 Å². The van der Waals surface area contributed by atoms with E-state index in [9.17, 15) is 9.59 Å². The molecule has 136 valence electrons. The lowest BCUT2D eigenvalue weighted by atomic mass is 9.96. The highest BCUT2D eigenvalue weighted by Crippen LogP contribution is 2.22. The Hall–Kier alpha value is -2.37. The fourth-order valence-electron chi connectivity index (χ4n) is 3.12. The molecule has 0 unspecified atom stereocenters. The van der Waals surface area contributed by atoms with Gasteiger partial charge in [-0.05, 0) is 61.7 Å². The maximum absolute atomic E-state index is 12.9. The van der Waals surface area contributed by atoms with Gasteiger partial charge < -0.3 is 16.0 Å². The van der Waals surface area contributed by atoms with Crippen LogP contribution in [0.2, 0.25) is 5.02 Å². The van der Waals surface area contributed by atoms with Crippen LogP contribution < -0.4 is 11.1 Å². The topological polar surface area (TPSA) is 75.4 Å². The zero-order valence-corrected chi connectivity index (χ0v) is 15.2. The van der Waals surface area contributed by atoms with Crippen molar-refractivity contribution in [2.24, 2.45) is 11.7 Å². The molecule has 0 bridgehead atoms. The molecule has 1 fully saturated rings. The molecule has 0 saturated carbocycles. The second-order valence-electron chi connectivity index (χ2n) is 6.48. The van der Waals surface area contributed by atoms with Gasteiger partial charge in [0.1, 0.15) is 0 Å². The van der Waals surface area contributed by atoms with Crippen molar-refractivity contribution in [1.82, 2.24) is 4.90 Å². The molecule has 0 radical (unpaired) electrons. The number of piperidine rings is 1. The third kappa shape index (κ3) is 4.23. The van der Waals surface area contributed by atoms with Crippen LogP contribution in [0.5, 0.6) is 0 Å². The van der Waals surface area contributed by atoms with Gasteiger partial charge in [0.2, 0.25) is 0 Å². The van der Waals surface area contributed by atoms with E-state index in [1.54, 1.807) is 48.5 Å². The Balaban J connectivity index is 1.74. The third-order valence-electron chi connectivity index (χ3n) is 4.75. The van der Waals surface area contributed by atoms with Gasteiger partial charge >= 0.3 is 0 Å². The minimum Gasteiger partial charge on any atom is -0.339 e. The standard InChI is InChI=1S/C20H22ClN3O2/c21-16-7-5-15(6-8-16)19(25)23-18-4-2-1-3-17(18)20(26)24-11-9-14(13-22)10-12-24/h1-8,14H,9-13,22H2,(H,23,25). The average Bonchev–Trinajstić information content (AvgIpc) is 2.68. The van der Waals surface area contributed by atoms with E-state index in [2.05, 4.69) is 5.32 Å². The number of nitrogens with one attached hydrogen (secondary N) is 1. The predicted molar refractivity (Wildman–Crippen MR) is 104 cm³/mol. The van der Waals surface area contributed by atoms with Crippen molar-refractivity contribution < 1.29 is 9.59 Å². The van der Waals surface area contributed by atoms with Gasteiger partial charge in [-0.1, -0.05) is 23.7 Å².